The molecule has 0 radical (unpaired) electrons. The third-order valence-corrected chi connectivity index (χ3v) is 1.42. The number of aliphatic hydroxyl groups is 1. The van der Waals surface area contributed by atoms with Crippen LogP contribution in [0.2, 0.25) is 0 Å². The molecule has 11 heavy (non-hydrogen) atoms. The summed E-state index contributed by atoms with van der Waals surface area (Å²) >= 11 is 0. The number of aliphatic hydroxyl groups excluding tert-OH is 1. The summed E-state index contributed by atoms with van der Waals surface area (Å²) in [6, 6.07) is 0. The van der Waals surface area contributed by atoms with Crippen molar-refractivity contribution in [3.63, 3.8) is 0 Å². The normalized spacial score (nSPS) is 9.82. The second-order valence-electron chi connectivity index (χ2n) is 3.01. The fourth-order valence-corrected chi connectivity index (χ4v) is 0.839. The van der Waals surface area contributed by atoms with Crippen LogP contribution in [0, 0.1) is 5.92 Å². The summed E-state index contributed by atoms with van der Waals surface area (Å²) in [6.07, 6.45) is 2.50. The van der Waals surface area contributed by atoms with E-state index in [0.29, 0.717) is 0 Å². The van der Waals surface area contributed by atoms with E-state index in [4.69, 9.17) is 5.11 Å². The summed E-state index contributed by atoms with van der Waals surface area (Å²) in [4.78, 5) is 0. The van der Waals surface area contributed by atoms with Crippen molar-refractivity contribution < 1.29 is 5.11 Å². The number of hydrogen-bond acceptors (Lipinski definition) is 2. The van der Waals surface area contributed by atoms with Gasteiger partial charge in [0.15, 0.2) is 0 Å². The molecule has 0 aliphatic carbocycles. The average Bonchev–Trinajstić information content (AvgIpc) is 1.87. The lowest BCUT2D eigenvalue weighted by Gasteiger charge is -2.04. The Hall–Kier alpha value is 0.210. The molecule has 0 aromatic carbocycles. The van der Waals surface area contributed by atoms with Crippen molar-refractivity contribution in [1.82, 2.24) is 5.32 Å². The van der Waals surface area contributed by atoms with Crippen molar-refractivity contribution in [2.45, 2.75) is 26.7 Å². The first-order valence-electron chi connectivity index (χ1n) is 4.09. The minimum absolute atomic E-state index is 0. The molecule has 70 valence electrons. The summed E-state index contributed by atoms with van der Waals surface area (Å²) in [7, 11) is 0. The molecule has 0 saturated heterocycles. The third-order valence-electron chi connectivity index (χ3n) is 1.42. The van der Waals surface area contributed by atoms with E-state index in [1.54, 1.807) is 0 Å². The molecule has 2 nitrogen and oxygen atoms in total. The fourth-order valence-electron chi connectivity index (χ4n) is 0.839. The van der Waals surface area contributed by atoms with Crippen LogP contribution < -0.4 is 5.32 Å². The molecule has 0 unspecified atom stereocenters. The van der Waals surface area contributed by atoms with Crippen LogP contribution in [0.4, 0.5) is 0 Å². The van der Waals surface area contributed by atoms with E-state index in [1.165, 1.54) is 12.8 Å². The molecular formula is C8H20ClNO. The average molecular weight is 182 g/mol. The van der Waals surface area contributed by atoms with Crippen LogP contribution >= 0.6 is 12.4 Å². The van der Waals surface area contributed by atoms with Crippen molar-refractivity contribution in [3.05, 3.63) is 0 Å². The van der Waals surface area contributed by atoms with E-state index in [9.17, 15) is 0 Å². The zero-order chi connectivity index (χ0) is 7.82. The van der Waals surface area contributed by atoms with E-state index in [0.717, 1.165) is 19.0 Å². The SMILES string of the molecule is CC(C)CCCNCCO.Cl. The second-order valence-corrected chi connectivity index (χ2v) is 3.01. The molecule has 0 aromatic heterocycles. The predicted octanol–water partition coefficient (Wildman–Crippen LogP) is 1.43. The Kier molecular flexibility index (Phi) is 12.8. The van der Waals surface area contributed by atoms with Gasteiger partial charge in [0, 0.05) is 6.54 Å². The highest BCUT2D eigenvalue weighted by Crippen LogP contribution is 2.01. The first-order chi connectivity index (χ1) is 4.77. The Bertz CT molecular complexity index is 69.1. The molecule has 0 spiro atoms. The van der Waals surface area contributed by atoms with Crippen LogP contribution in [0.5, 0.6) is 0 Å². The molecule has 0 fully saturated rings. The van der Waals surface area contributed by atoms with E-state index in [-0.39, 0.29) is 19.0 Å². The Morgan fingerprint density at radius 3 is 2.36 bits per heavy atom. The molecule has 2 N–H and O–H groups in total. The quantitative estimate of drug-likeness (QED) is 0.608. The van der Waals surface area contributed by atoms with Gasteiger partial charge in [0.2, 0.25) is 0 Å². The first-order valence-corrected chi connectivity index (χ1v) is 4.09. The summed E-state index contributed by atoms with van der Waals surface area (Å²) < 4.78 is 0. The predicted molar refractivity (Wildman–Crippen MR) is 51.3 cm³/mol. The van der Waals surface area contributed by atoms with Gasteiger partial charge in [-0.05, 0) is 25.3 Å². The van der Waals surface area contributed by atoms with Crippen molar-refractivity contribution >= 4 is 12.4 Å². The first kappa shape index (κ1) is 13.8. The van der Waals surface area contributed by atoms with Gasteiger partial charge >= 0.3 is 0 Å². The standard InChI is InChI=1S/C8H19NO.ClH/c1-8(2)4-3-5-9-6-7-10;/h8-10H,3-7H2,1-2H3;1H. The van der Waals surface area contributed by atoms with Gasteiger partial charge in [0.1, 0.15) is 0 Å². The summed E-state index contributed by atoms with van der Waals surface area (Å²) in [5.41, 5.74) is 0. The zero-order valence-electron chi connectivity index (χ0n) is 7.47. The molecule has 0 rings (SSSR count). The van der Waals surface area contributed by atoms with Gasteiger partial charge in [0.05, 0.1) is 6.61 Å². The van der Waals surface area contributed by atoms with Crippen molar-refractivity contribution in [1.29, 1.82) is 0 Å². The molecule has 3 heteroatoms. The lowest BCUT2D eigenvalue weighted by atomic mass is 10.1. The third kappa shape index (κ3) is 13.2. The largest absolute Gasteiger partial charge is 0.395 e. The number of halogens is 1. The number of hydrogen-bond donors (Lipinski definition) is 2. The van der Waals surface area contributed by atoms with Crippen LogP contribution in [-0.2, 0) is 0 Å². The maximum atomic E-state index is 8.41. The van der Waals surface area contributed by atoms with Crippen molar-refractivity contribution in [2.24, 2.45) is 5.92 Å². The van der Waals surface area contributed by atoms with E-state index >= 15 is 0 Å². The maximum absolute atomic E-state index is 8.41. The van der Waals surface area contributed by atoms with E-state index in [2.05, 4.69) is 19.2 Å². The van der Waals surface area contributed by atoms with Crippen LogP contribution in [0.1, 0.15) is 26.7 Å². The van der Waals surface area contributed by atoms with Gasteiger partial charge in [-0.3, -0.25) is 0 Å². The molecule has 0 saturated carbocycles. The highest BCUT2D eigenvalue weighted by molar-refractivity contribution is 5.85. The second kappa shape index (κ2) is 10.2. The fraction of sp³-hybridized carbons (Fsp3) is 1.00. The summed E-state index contributed by atoms with van der Waals surface area (Å²) in [5.74, 6) is 0.802. The lowest BCUT2D eigenvalue weighted by Crippen LogP contribution is -2.19. The Morgan fingerprint density at radius 2 is 1.91 bits per heavy atom. The van der Waals surface area contributed by atoms with Gasteiger partial charge in [-0.1, -0.05) is 13.8 Å². The highest BCUT2D eigenvalue weighted by Gasteiger charge is 1.92. The lowest BCUT2D eigenvalue weighted by molar-refractivity contribution is 0.291. The molecular weight excluding hydrogens is 162 g/mol. The van der Waals surface area contributed by atoms with Crippen LogP contribution in [0.3, 0.4) is 0 Å². The van der Waals surface area contributed by atoms with Gasteiger partial charge < -0.3 is 10.4 Å². The number of nitrogens with one attached hydrogen (secondary N) is 1. The molecule has 0 bridgehead atoms. The van der Waals surface area contributed by atoms with Crippen LogP contribution in [0.25, 0.3) is 0 Å². The number of rotatable bonds is 6. The Balaban J connectivity index is 0. The van der Waals surface area contributed by atoms with E-state index < -0.39 is 0 Å². The van der Waals surface area contributed by atoms with Crippen molar-refractivity contribution in [2.75, 3.05) is 19.7 Å². The van der Waals surface area contributed by atoms with Gasteiger partial charge in [-0.25, -0.2) is 0 Å². The highest BCUT2D eigenvalue weighted by atomic mass is 35.5. The minimum atomic E-state index is 0. The van der Waals surface area contributed by atoms with Crippen LogP contribution in [0.15, 0.2) is 0 Å². The van der Waals surface area contributed by atoms with E-state index in [1.807, 2.05) is 0 Å². The van der Waals surface area contributed by atoms with Crippen LogP contribution in [-0.4, -0.2) is 24.8 Å². The molecule has 0 atom stereocenters. The summed E-state index contributed by atoms with van der Waals surface area (Å²) in [6.45, 7) is 6.48. The molecule has 0 aromatic rings. The zero-order valence-corrected chi connectivity index (χ0v) is 8.28. The maximum Gasteiger partial charge on any atom is 0.0555 e. The summed E-state index contributed by atoms with van der Waals surface area (Å²) in [5, 5.41) is 11.6. The molecule has 0 amide bonds. The molecule has 0 aliphatic rings. The Morgan fingerprint density at radius 1 is 1.27 bits per heavy atom. The van der Waals surface area contributed by atoms with Gasteiger partial charge in [0.25, 0.3) is 0 Å². The smallest absolute Gasteiger partial charge is 0.0555 e. The van der Waals surface area contributed by atoms with Crippen molar-refractivity contribution in [3.8, 4) is 0 Å². The molecule has 0 heterocycles. The van der Waals surface area contributed by atoms with Gasteiger partial charge in [-0.2, -0.15) is 0 Å². The molecule has 0 aliphatic heterocycles. The minimum Gasteiger partial charge on any atom is -0.395 e. The Labute approximate surface area is 75.8 Å². The topological polar surface area (TPSA) is 32.3 Å². The van der Waals surface area contributed by atoms with Gasteiger partial charge in [-0.15, -0.1) is 12.4 Å². The monoisotopic (exact) mass is 181 g/mol.